The standard InChI is InChI=1S/C27H24N2O6/c1-4-16(2)17-9-11-20(12-10-17)29-25(31)22(24(30)28-27(29)33)15-21-13-14-23(35-21)18-5-7-19(8-6-18)26(32)34-3/h5-16H,4H2,1-3H3,(H,28,30,33)/b22-15+/t16-/m0/s1. The lowest BCUT2D eigenvalue weighted by molar-refractivity contribution is -0.122. The minimum Gasteiger partial charge on any atom is -0.465 e. The number of rotatable bonds is 6. The Kier molecular flexibility index (Phi) is 6.64. The molecule has 0 radical (unpaired) electrons. The number of benzene rings is 2. The Labute approximate surface area is 202 Å². The highest BCUT2D eigenvalue weighted by atomic mass is 16.5. The van der Waals surface area contributed by atoms with Gasteiger partial charge in [0.2, 0.25) is 0 Å². The number of imide groups is 2. The van der Waals surface area contributed by atoms with Crippen molar-refractivity contribution in [1.29, 1.82) is 0 Å². The molecule has 8 heteroatoms. The number of amides is 4. The summed E-state index contributed by atoms with van der Waals surface area (Å²) >= 11 is 0. The van der Waals surface area contributed by atoms with Gasteiger partial charge in [-0.3, -0.25) is 14.9 Å². The molecular weight excluding hydrogens is 448 g/mol. The van der Waals surface area contributed by atoms with E-state index in [2.05, 4.69) is 19.2 Å². The predicted octanol–water partition coefficient (Wildman–Crippen LogP) is 4.91. The average Bonchev–Trinajstić information content (AvgIpc) is 3.34. The first kappa shape index (κ1) is 23.7. The number of carbonyl (C=O) groups is 4. The van der Waals surface area contributed by atoms with Gasteiger partial charge in [0.25, 0.3) is 11.8 Å². The first-order valence-electron chi connectivity index (χ1n) is 11.1. The number of nitrogens with one attached hydrogen (secondary N) is 1. The summed E-state index contributed by atoms with van der Waals surface area (Å²) in [5.41, 5.74) is 2.33. The van der Waals surface area contributed by atoms with Crippen molar-refractivity contribution in [2.45, 2.75) is 26.2 Å². The van der Waals surface area contributed by atoms with E-state index in [-0.39, 0.29) is 11.3 Å². The zero-order valence-electron chi connectivity index (χ0n) is 19.5. The van der Waals surface area contributed by atoms with E-state index in [1.807, 2.05) is 12.1 Å². The summed E-state index contributed by atoms with van der Waals surface area (Å²) < 4.78 is 10.5. The summed E-state index contributed by atoms with van der Waals surface area (Å²) in [6.07, 6.45) is 2.27. The number of furan rings is 1. The molecule has 0 spiro atoms. The number of carbonyl (C=O) groups excluding carboxylic acids is 4. The van der Waals surface area contributed by atoms with Crippen molar-refractivity contribution in [2.24, 2.45) is 0 Å². The highest BCUT2D eigenvalue weighted by Gasteiger charge is 2.37. The van der Waals surface area contributed by atoms with E-state index in [9.17, 15) is 19.2 Å². The molecule has 1 fully saturated rings. The molecule has 0 aliphatic carbocycles. The maximum absolute atomic E-state index is 13.1. The summed E-state index contributed by atoms with van der Waals surface area (Å²) in [5, 5.41) is 2.21. The summed E-state index contributed by atoms with van der Waals surface area (Å²) in [4.78, 5) is 50.6. The summed E-state index contributed by atoms with van der Waals surface area (Å²) in [7, 11) is 1.31. The van der Waals surface area contributed by atoms with E-state index in [0.717, 1.165) is 16.9 Å². The van der Waals surface area contributed by atoms with E-state index in [1.54, 1.807) is 48.5 Å². The van der Waals surface area contributed by atoms with Crippen LogP contribution >= 0.6 is 0 Å². The van der Waals surface area contributed by atoms with Gasteiger partial charge in [-0.1, -0.05) is 38.1 Å². The van der Waals surface area contributed by atoms with Crippen LogP contribution in [0.25, 0.3) is 17.4 Å². The van der Waals surface area contributed by atoms with Crippen LogP contribution in [0.15, 0.2) is 70.7 Å². The highest BCUT2D eigenvalue weighted by molar-refractivity contribution is 6.39. The largest absolute Gasteiger partial charge is 0.465 e. The molecule has 1 aromatic heterocycles. The molecule has 1 N–H and O–H groups in total. The third kappa shape index (κ3) is 4.77. The number of ether oxygens (including phenoxy) is 1. The van der Waals surface area contributed by atoms with Gasteiger partial charge in [-0.15, -0.1) is 0 Å². The number of methoxy groups -OCH3 is 1. The average molecular weight is 472 g/mol. The smallest absolute Gasteiger partial charge is 0.337 e. The van der Waals surface area contributed by atoms with Crippen molar-refractivity contribution in [3.05, 3.63) is 83.1 Å². The molecule has 35 heavy (non-hydrogen) atoms. The lowest BCUT2D eigenvalue weighted by Gasteiger charge is -2.26. The molecule has 1 aliphatic rings. The molecule has 4 rings (SSSR count). The van der Waals surface area contributed by atoms with Crippen LogP contribution in [0.3, 0.4) is 0 Å². The number of urea groups is 1. The maximum atomic E-state index is 13.1. The number of barbiturate groups is 1. The molecule has 0 saturated carbocycles. The molecule has 2 aromatic carbocycles. The quantitative estimate of drug-likeness (QED) is 0.310. The maximum Gasteiger partial charge on any atom is 0.337 e. The lowest BCUT2D eigenvalue weighted by atomic mass is 9.98. The second-order valence-corrected chi connectivity index (χ2v) is 8.13. The van der Waals surface area contributed by atoms with Gasteiger partial charge in [0, 0.05) is 5.56 Å². The van der Waals surface area contributed by atoms with E-state index in [0.29, 0.717) is 28.5 Å². The van der Waals surface area contributed by atoms with Gasteiger partial charge in [0.1, 0.15) is 17.1 Å². The first-order valence-corrected chi connectivity index (χ1v) is 11.1. The highest BCUT2D eigenvalue weighted by Crippen LogP contribution is 2.27. The van der Waals surface area contributed by atoms with Crippen LogP contribution in [0, 0.1) is 0 Å². The Balaban J connectivity index is 1.59. The van der Waals surface area contributed by atoms with Crippen molar-refractivity contribution < 1.29 is 28.3 Å². The zero-order chi connectivity index (χ0) is 25.1. The van der Waals surface area contributed by atoms with E-state index < -0.39 is 23.8 Å². The Bertz CT molecular complexity index is 1320. The lowest BCUT2D eigenvalue weighted by Crippen LogP contribution is -2.54. The molecule has 178 valence electrons. The first-order chi connectivity index (χ1) is 16.8. The van der Waals surface area contributed by atoms with Crippen LogP contribution in [0.5, 0.6) is 0 Å². The summed E-state index contributed by atoms with van der Waals surface area (Å²) in [5.74, 6) is -0.903. The molecule has 8 nitrogen and oxygen atoms in total. The Morgan fingerprint density at radius 1 is 1.03 bits per heavy atom. The second-order valence-electron chi connectivity index (χ2n) is 8.13. The van der Waals surface area contributed by atoms with Crippen molar-refractivity contribution in [3.8, 4) is 11.3 Å². The topological polar surface area (TPSA) is 106 Å². The molecule has 1 atom stereocenters. The van der Waals surface area contributed by atoms with Crippen LogP contribution in [0.4, 0.5) is 10.5 Å². The van der Waals surface area contributed by atoms with Crippen LogP contribution in [-0.4, -0.2) is 30.9 Å². The van der Waals surface area contributed by atoms with Gasteiger partial charge < -0.3 is 9.15 Å². The Hall–Kier alpha value is -4.46. The number of anilines is 1. The van der Waals surface area contributed by atoms with Gasteiger partial charge in [-0.25, -0.2) is 14.5 Å². The molecule has 2 heterocycles. The normalized spacial score (nSPS) is 15.8. The fourth-order valence-corrected chi connectivity index (χ4v) is 3.70. The van der Waals surface area contributed by atoms with Crippen molar-refractivity contribution in [3.63, 3.8) is 0 Å². The third-order valence-electron chi connectivity index (χ3n) is 5.94. The number of esters is 1. The number of hydrogen-bond donors (Lipinski definition) is 1. The Morgan fingerprint density at radius 3 is 2.34 bits per heavy atom. The van der Waals surface area contributed by atoms with Crippen LogP contribution < -0.4 is 10.2 Å². The molecule has 0 unspecified atom stereocenters. The van der Waals surface area contributed by atoms with Gasteiger partial charge in [-0.05, 0) is 60.4 Å². The van der Waals surface area contributed by atoms with Gasteiger partial charge in [-0.2, -0.15) is 0 Å². The van der Waals surface area contributed by atoms with Crippen molar-refractivity contribution >= 4 is 35.6 Å². The molecule has 3 aromatic rings. The van der Waals surface area contributed by atoms with E-state index in [1.165, 1.54) is 13.2 Å². The van der Waals surface area contributed by atoms with Crippen LogP contribution in [0.2, 0.25) is 0 Å². The second kappa shape index (κ2) is 9.80. The molecule has 0 bridgehead atoms. The fourth-order valence-electron chi connectivity index (χ4n) is 3.70. The fraction of sp³-hybridized carbons (Fsp3) is 0.185. The summed E-state index contributed by atoms with van der Waals surface area (Å²) in [6.45, 7) is 4.18. The van der Waals surface area contributed by atoms with Crippen LogP contribution in [-0.2, 0) is 14.3 Å². The minimum atomic E-state index is -0.806. The Morgan fingerprint density at radius 2 is 1.71 bits per heavy atom. The minimum absolute atomic E-state index is 0.224. The zero-order valence-corrected chi connectivity index (χ0v) is 19.5. The third-order valence-corrected chi connectivity index (χ3v) is 5.94. The van der Waals surface area contributed by atoms with E-state index in [4.69, 9.17) is 9.15 Å². The SMILES string of the molecule is CC[C@H](C)c1ccc(N2C(=O)NC(=O)/C(=C\c3ccc(-c4ccc(C(=O)OC)cc4)o3)C2=O)cc1. The molecular formula is C27H24N2O6. The van der Waals surface area contributed by atoms with Gasteiger partial charge in [0.15, 0.2) is 0 Å². The predicted molar refractivity (Wildman–Crippen MR) is 130 cm³/mol. The van der Waals surface area contributed by atoms with E-state index >= 15 is 0 Å². The molecule has 1 aliphatic heterocycles. The van der Waals surface area contributed by atoms with Gasteiger partial charge in [0.05, 0.1) is 18.4 Å². The number of nitrogens with zero attached hydrogens (tertiary/aromatic N) is 1. The van der Waals surface area contributed by atoms with Crippen molar-refractivity contribution in [2.75, 3.05) is 12.0 Å². The van der Waals surface area contributed by atoms with Crippen molar-refractivity contribution in [1.82, 2.24) is 5.32 Å². The van der Waals surface area contributed by atoms with Crippen LogP contribution in [0.1, 0.15) is 47.9 Å². The summed E-state index contributed by atoms with van der Waals surface area (Å²) in [6, 6.07) is 16.2. The monoisotopic (exact) mass is 472 g/mol. The van der Waals surface area contributed by atoms with Gasteiger partial charge >= 0.3 is 12.0 Å². The molecule has 4 amide bonds. The number of hydrogen-bond acceptors (Lipinski definition) is 6. The molecule has 1 saturated heterocycles.